The number of allylic oxidation sites excluding steroid dienone is 1. The molecule has 0 unspecified atom stereocenters. The van der Waals surface area contributed by atoms with Crippen LogP contribution in [-0.2, 0) is 6.54 Å². The maximum absolute atomic E-state index is 12.1. The van der Waals surface area contributed by atoms with Gasteiger partial charge in [0.2, 0.25) is 0 Å². The Kier molecular flexibility index (Phi) is 4.95. The second-order valence-electron chi connectivity index (χ2n) is 3.74. The average molecular weight is 358 g/mol. The van der Waals surface area contributed by atoms with E-state index in [9.17, 15) is 4.79 Å². The summed E-state index contributed by atoms with van der Waals surface area (Å²) in [6.45, 7) is 6.25. The van der Waals surface area contributed by atoms with Gasteiger partial charge in [0, 0.05) is 11.0 Å². The Bertz CT molecular complexity index is 606. The van der Waals surface area contributed by atoms with Crippen molar-refractivity contribution in [3.8, 4) is 0 Å². The summed E-state index contributed by atoms with van der Waals surface area (Å²) >= 11 is 6.21. The standard InChI is InChI=1S/C12H12BrN3OS2/c1-3-5-16-8(2)14-15-12(16)19-7-10(17)11-9(13)4-6-18-11/h3-4,6H,1,5,7H2,2H3. The number of hydrogen-bond acceptors (Lipinski definition) is 5. The highest BCUT2D eigenvalue weighted by atomic mass is 79.9. The van der Waals surface area contributed by atoms with E-state index in [1.807, 2.05) is 22.9 Å². The number of carbonyl (C=O) groups is 1. The predicted molar refractivity (Wildman–Crippen MR) is 82.0 cm³/mol. The molecular weight excluding hydrogens is 346 g/mol. The van der Waals surface area contributed by atoms with E-state index in [4.69, 9.17) is 0 Å². The second kappa shape index (κ2) is 6.49. The molecule has 0 spiro atoms. The van der Waals surface area contributed by atoms with Crippen molar-refractivity contribution in [3.63, 3.8) is 0 Å². The molecule has 0 radical (unpaired) electrons. The molecule has 4 nitrogen and oxygen atoms in total. The lowest BCUT2D eigenvalue weighted by atomic mass is 10.3. The summed E-state index contributed by atoms with van der Waals surface area (Å²) in [5, 5.41) is 10.7. The van der Waals surface area contributed by atoms with E-state index in [-0.39, 0.29) is 5.78 Å². The zero-order valence-corrected chi connectivity index (χ0v) is 13.5. The number of rotatable bonds is 6. The first-order valence-corrected chi connectivity index (χ1v) is 8.19. The number of aromatic nitrogens is 3. The molecule has 2 heterocycles. The van der Waals surface area contributed by atoms with Crippen LogP contribution in [0, 0.1) is 6.92 Å². The molecule has 0 aliphatic rings. The first kappa shape index (κ1) is 14.5. The predicted octanol–water partition coefficient (Wildman–Crippen LogP) is 3.57. The molecule has 0 aliphatic heterocycles. The third kappa shape index (κ3) is 3.34. The summed E-state index contributed by atoms with van der Waals surface area (Å²) in [5.74, 6) is 1.28. The molecule has 19 heavy (non-hydrogen) atoms. The lowest BCUT2D eigenvalue weighted by Crippen LogP contribution is -2.04. The Morgan fingerprint density at radius 2 is 2.42 bits per heavy atom. The van der Waals surface area contributed by atoms with Crippen molar-refractivity contribution < 1.29 is 4.79 Å². The van der Waals surface area contributed by atoms with Crippen molar-refractivity contribution in [2.24, 2.45) is 0 Å². The van der Waals surface area contributed by atoms with Crippen molar-refractivity contribution in [1.82, 2.24) is 14.8 Å². The minimum atomic E-state index is 0.0951. The second-order valence-corrected chi connectivity index (χ2v) is 6.45. The van der Waals surface area contributed by atoms with Crippen LogP contribution in [0.3, 0.4) is 0 Å². The largest absolute Gasteiger partial charge is 0.302 e. The van der Waals surface area contributed by atoms with Gasteiger partial charge in [-0.15, -0.1) is 28.1 Å². The van der Waals surface area contributed by atoms with Gasteiger partial charge in [-0.05, 0) is 34.3 Å². The molecule has 7 heteroatoms. The number of hydrogen-bond donors (Lipinski definition) is 0. The number of ketones is 1. The van der Waals surface area contributed by atoms with Gasteiger partial charge >= 0.3 is 0 Å². The van der Waals surface area contributed by atoms with E-state index in [0.29, 0.717) is 12.3 Å². The molecule has 100 valence electrons. The first-order valence-electron chi connectivity index (χ1n) is 5.53. The minimum Gasteiger partial charge on any atom is -0.302 e. The topological polar surface area (TPSA) is 47.8 Å². The van der Waals surface area contributed by atoms with Gasteiger partial charge in [-0.3, -0.25) is 4.79 Å². The molecular formula is C12H12BrN3OS2. The van der Waals surface area contributed by atoms with Gasteiger partial charge in [-0.1, -0.05) is 17.8 Å². The summed E-state index contributed by atoms with van der Waals surface area (Å²) < 4.78 is 2.79. The average Bonchev–Trinajstić information content (AvgIpc) is 2.95. The first-order chi connectivity index (χ1) is 9.13. The Hall–Kier alpha value is -0.920. The van der Waals surface area contributed by atoms with Crippen molar-refractivity contribution in [1.29, 1.82) is 0 Å². The Labute approximate surface area is 128 Å². The van der Waals surface area contributed by atoms with Crippen LogP contribution in [0.5, 0.6) is 0 Å². The van der Waals surface area contributed by atoms with Crippen LogP contribution in [0.2, 0.25) is 0 Å². The number of Topliss-reactive ketones (excluding diaryl/α,β-unsaturated/α-hetero) is 1. The monoisotopic (exact) mass is 357 g/mol. The molecule has 2 aromatic heterocycles. The number of thiophene rings is 1. The molecule has 0 amide bonds. The van der Waals surface area contributed by atoms with Crippen molar-refractivity contribution in [3.05, 3.63) is 39.3 Å². The van der Waals surface area contributed by atoms with Crippen LogP contribution in [0.25, 0.3) is 0 Å². The van der Waals surface area contributed by atoms with Gasteiger partial charge < -0.3 is 4.57 Å². The lowest BCUT2D eigenvalue weighted by molar-refractivity contribution is 0.102. The fourth-order valence-electron chi connectivity index (χ4n) is 1.50. The third-order valence-electron chi connectivity index (χ3n) is 2.42. The summed E-state index contributed by atoms with van der Waals surface area (Å²) in [6.07, 6.45) is 1.79. The summed E-state index contributed by atoms with van der Waals surface area (Å²) in [6, 6.07) is 1.88. The zero-order chi connectivity index (χ0) is 13.8. The quantitative estimate of drug-likeness (QED) is 0.450. The fraction of sp³-hybridized carbons (Fsp3) is 0.250. The molecule has 0 atom stereocenters. The highest BCUT2D eigenvalue weighted by Crippen LogP contribution is 2.26. The molecule has 0 saturated heterocycles. The number of thioether (sulfide) groups is 1. The molecule has 0 saturated carbocycles. The van der Waals surface area contributed by atoms with Crippen LogP contribution in [-0.4, -0.2) is 26.3 Å². The molecule has 0 aromatic carbocycles. The maximum atomic E-state index is 12.1. The maximum Gasteiger partial charge on any atom is 0.191 e. The van der Waals surface area contributed by atoms with E-state index < -0.39 is 0 Å². The molecule has 2 aromatic rings. The fourth-order valence-corrected chi connectivity index (χ4v) is 3.99. The van der Waals surface area contributed by atoms with Crippen LogP contribution >= 0.6 is 39.0 Å². The van der Waals surface area contributed by atoms with E-state index in [0.717, 1.165) is 20.3 Å². The minimum absolute atomic E-state index is 0.0951. The van der Waals surface area contributed by atoms with Gasteiger partial charge in [0.15, 0.2) is 10.9 Å². The SMILES string of the molecule is C=CCn1c(C)nnc1SCC(=O)c1sccc1Br. The Morgan fingerprint density at radius 3 is 3.05 bits per heavy atom. The van der Waals surface area contributed by atoms with Crippen molar-refractivity contribution in [2.75, 3.05) is 5.75 Å². The van der Waals surface area contributed by atoms with Gasteiger partial charge in [0.1, 0.15) is 5.82 Å². The lowest BCUT2D eigenvalue weighted by Gasteiger charge is -2.04. The van der Waals surface area contributed by atoms with Crippen molar-refractivity contribution >= 4 is 44.8 Å². The number of carbonyl (C=O) groups excluding carboxylic acids is 1. The van der Waals surface area contributed by atoms with Gasteiger partial charge in [0.05, 0.1) is 10.6 Å². The Balaban J connectivity index is 2.05. The van der Waals surface area contributed by atoms with Gasteiger partial charge in [-0.25, -0.2) is 0 Å². The van der Waals surface area contributed by atoms with Gasteiger partial charge in [0.25, 0.3) is 0 Å². The molecule has 0 bridgehead atoms. The number of halogens is 1. The summed E-state index contributed by atoms with van der Waals surface area (Å²) in [5.41, 5.74) is 0. The van der Waals surface area contributed by atoms with Crippen LogP contribution in [0.15, 0.2) is 33.7 Å². The highest BCUT2D eigenvalue weighted by Gasteiger charge is 2.15. The normalized spacial score (nSPS) is 10.6. The summed E-state index contributed by atoms with van der Waals surface area (Å²) in [4.78, 5) is 12.8. The summed E-state index contributed by atoms with van der Waals surface area (Å²) in [7, 11) is 0. The van der Waals surface area contributed by atoms with Crippen molar-refractivity contribution in [2.45, 2.75) is 18.6 Å². The third-order valence-corrected chi connectivity index (χ3v) is 5.26. The van der Waals surface area contributed by atoms with Crippen LogP contribution in [0.4, 0.5) is 0 Å². The number of aryl methyl sites for hydroxylation is 1. The van der Waals surface area contributed by atoms with E-state index in [1.54, 1.807) is 6.08 Å². The van der Waals surface area contributed by atoms with E-state index in [1.165, 1.54) is 23.1 Å². The molecule has 0 fully saturated rings. The molecule has 0 aliphatic carbocycles. The molecule has 2 rings (SSSR count). The molecule has 0 N–H and O–H groups in total. The number of nitrogens with zero attached hydrogens (tertiary/aromatic N) is 3. The van der Waals surface area contributed by atoms with E-state index >= 15 is 0 Å². The Morgan fingerprint density at radius 1 is 1.63 bits per heavy atom. The van der Waals surface area contributed by atoms with Gasteiger partial charge in [-0.2, -0.15) is 0 Å². The van der Waals surface area contributed by atoms with Crippen LogP contribution in [0.1, 0.15) is 15.5 Å². The van der Waals surface area contributed by atoms with E-state index in [2.05, 4.69) is 32.7 Å². The van der Waals surface area contributed by atoms with Crippen LogP contribution < -0.4 is 0 Å². The smallest absolute Gasteiger partial charge is 0.191 e. The highest BCUT2D eigenvalue weighted by molar-refractivity contribution is 9.10. The zero-order valence-electron chi connectivity index (χ0n) is 10.3.